The third-order valence-corrected chi connectivity index (χ3v) is 5.43. The summed E-state index contributed by atoms with van der Waals surface area (Å²) in [6, 6.07) is 5.73. The number of nitrogens with zero attached hydrogens (tertiary/aromatic N) is 3. The van der Waals surface area contributed by atoms with Crippen molar-refractivity contribution in [3.63, 3.8) is 0 Å². The fourth-order valence-electron chi connectivity index (χ4n) is 3.97. The molecule has 2 heterocycles. The van der Waals surface area contributed by atoms with E-state index in [1.165, 1.54) is 6.42 Å². The van der Waals surface area contributed by atoms with Crippen LogP contribution in [-0.2, 0) is 0 Å². The summed E-state index contributed by atoms with van der Waals surface area (Å²) in [5, 5.41) is 2.97. The molecular formula is C21H33N5O2. The third-order valence-electron chi connectivity index (χ3n) is 5.43. The molecule has 7 nitrogen and oxygen atoms in total. The van der Waals surface area contributed by atoms with Crippen molar-refractivity contribution in [1.29, 1.82) is 0 Å². The third kappa shape index (κ3) is 4.88. The number of carbonyl (C=O) groups excluding carboxylic acids is 2. The second kappa shape index (κ2) is 9.17. The van der Waals surface area contributed by atoms with Crippen LogP contribution in [0.5, 0.6) is 0 Å². The first-order valence-corrected chi connectivity index (χ1v) is 10.4. The summed E-state index contributed by atoms with van der Waals surface area (Å²) < 4.78 is 0. The van der Waals surface area contributed by atoms with Crippen molar-refractivity contribution < 1.29 is 9.59 Å². The predicted molar refractivity (Wildman–Crippen MR) is 113 cm³/mol. The largest absolute Gasteiger partial charge is 0.399 e. The number of nitrogen functional groups attached to an aromatic ring is 1. The molecule has 0 bridgehead atoms. The number of urea groups is 1. The SMILES string of the molecule is CC(C)NC(=O)N1CCCN(c2ccc(N)cc2C(=O)N2CCCCC2)CC1. The summed E-state index contributed by atoms with van der Waals surface area (Å²) in [5.41, 5.74) is 8.23. The van der Waals surface area contributed by atoms with Crippen LogP contribution in [-0.4, -0.2) is 67.0 Å². The predicted octanol–water partition coefficient (Wildman–Crippen LogP) is 2.53. The fraction of sp³-hybridized carbons (Fsp3) is 0.619. The van der Waals surface area contributed by atoms with E-state index in [9.17, 15) is 9.59 Å². The van der Waals surface area contributed by atoms with Gasteiger partial charge in [0.15, 0.2) is 0 Å². The number of carbonyl (C=O) groups is 2. The van der Waals surface area contributed by atoms with Crippen LogP contribution in [0.4, 0.5) is 16.2 Å². The number of hydrogen-bond donors (Lipinski definition) is 2. The fourth-order valence-corrected chi connectivity index (χ4v) is 3.97. The number of rotatable bonds is 3. The van der Waals surface area contributed by atoms with Gasteiger partial charge < -0.3 is 25.8 Å². The molecule has 3 N–H and O–H groups in total. The second-order valence-corrected chi connectivity index (χ2v) is 8.06. The summed E-state index contributed by atoms with van der Waals surface area (Å²) >= 11 is 0. The molecule has 2 saturated heterocycles. The molecule has 3 rings (SSSR count). The highest BCUT2D eigenvalue weighted by Gasteiger charge is 2.25. The Labute approximate surface area is 167 Å². The summed E-state index contributed by atoms with van der Waals surface area (Å²) in [6.07, 6.45) is 4.18. The van der Waals surface area contributed by atoms with Gasteiger partial charge in [-0.15, -0.1) is 0 Å². The van der Waals surface area contributed by atoms with Crippen LogP contribution in [0.2, 0.25) is 0 Å². The van der Waals surface area contributed by atoms with Gasteiger partial charge in [-0.2, -0.15) is 0 Å². The van der Waals surface area contributed by atoms with E-state index in [4.69, 9.17) is 5.73 Å². The van der Waals surface area contributed by atoms with E-state index >= 15 is 0 Å². The summed E-state index contributed by atoms with van der Waals surface area (Å²) in [6.45, 7) is 8.45. The summed E-state index contributed by atoms with van der Waals surface area (Å²) in [7, 11) is 0. The summed E-state index contributed by atoms with van der Waals surface area (Å²) in [5.74, 6) is 0.0700. The lowest BCUT2D eigenvalue weighted by Crippen LogP contribution is -2.44. The molecule has 1 aromatic rings. The van der Waals surface area contributed by atoms with Crippen molar-refractivity contribution >= 4 is 23.3 Å². The molecular weight excluding hydrogens is 354 g/mol. The number of likely N-dealkylation sites (tertiary alicyclic amines) is 1. The Hall–Kier alpha value is -2.44. The summed E-state index contributed by atoms with van der Waals surface area (Å²) in [4.78, 5) is 31.5. The number of amides is 3. The number of anilines is 2. The molecule has 0 aliphatic carbocycles. The van der Waals surface area contributed by atoms with Gasteiger partial charge in [-0.05, 0) is 57.7 Å². The lowest BCUT2D eigenvalue weighted by molar-refractivity contribution is 0.0725. The Balaban J connectivity index is 1.76. The van der Waals surface area contributed by atoms with Gasteiger partial charge >= 0.3 is 6.03 Å². The zero-order valence-electron chi connectivity index (χ0n) is 17.1. The quantitative estimate of drug-likeness (QED) is 0.781. The monoisotopic (exact) mass is 387 g/mol. The van der Waals surface area contributed by atoms with Crippen LogP contribution in [0.15, 0.2) is 18.2 Å². The van der Waals surface area contributed by atoms with Gasteiger partial charge in [0.25, 0.3) is 5.91 Å². The standard InChI is InChI=1S/C21H33N5O2/c1-16(2)23-21(28)26-12-6-11-24(13-14-26)19-8-7-17(22)15-18(19)20(27)25-9-4-3-5-10-25/h7-8,15-16H,3-6,9-14,22H2,1-2H3,(H,23,28). The van der Waals surface area contributed by atoms with E-state index in [0.717, 1.165) is 51.1 Å². The van der Waals surface area contributed by atoms with Crippen LogP contribution >= 0.6 is 0 Å². The van der Waals surface area contributed by atoms with Crippen molar-refractivity contribution in [3.05, 3.63) is 23.8 Å². The Morgan fingerprint density at radius 1 is 0.929 bits per heavy atom. The molecule has 3 amide bonds. The van der Waals surface area contributed by atoms with Gasteiger partial charge in [-0.1, -0.05) is 0 Å². The van der Waals surface area contributed by atoms with Gasteiger partial charge in [0.1, 0.15) is 0 Å². The lowest BCUT2D eigenvalue weighted by atomic mass is 10.1. The molecule has 0 atom stereocenters. The van der Waals surface area contributed by atoms with Gasteiger partial charge in [0.2, 0.25) is 0 Å². The number of benzene rings is 1. The minimum absolute atomic E-state index is 0.0150. The smallest absolute Gasteiger partial charge is 0.317 e. The Morgan fingerprint density at radius 2 is 1.64 bits per heavy atom. The van der Waals surface area contributed by atoms with Crippen LogP contribution in [0.25, 0.3) is 0 Å². The molecule has 2 aliphatic heterocycles. The van der Waals surface area contributed by atoms with Crippen LogP contribution in [0, 0.1) is 0 Å². The molecule has 7 heteroatoms. The number of nitrogens with one attached hydrogen (secondary N) is 1. The van der Waals surface area contributed by atoms with Crippen LogP contribution < -0.4 is 16.0 Å². The van der Waals surface area contributed by atoms with Crippen molar-refractivity contribution in [2.45, 2.75) is 45.6 Å². The first-order chi connectivity index (χ1) is 13.5. The van der Waals surface area contributed by atoms with E-state index < -0.39 is 0 Å². The minimum Gasteiger partial charge on any atom is -0.399 e. The van der Waals surface area contributed by atoms with Gasteiger partial charge in [0, 0.05) is 56.7 Å². The maximum Gasteiger partial charge on any atom is 0.317 e. The van der Waals surface area contributed by atoms with Gasteiger partial charge in [-0.25, -0.2) is 4.79 Å². The number of hydrogen-bond acceptors (Lipinski definition) is 4. The highest BCUT2D eigenvalue weighted by Crippen LogP contribution is 2.27. The molecule has 2 aliphatic rings. The first kappa shape index (κ1) is 20.3. The zero-order valence-corrected chi connectivity index (χ0v) is 17.1. The molecule has 154 valence electrons. The van der Waals surface area contributed by atoms with Crippen molar-refractivity contribution in [3.8, 4) is 0 Å². The zero-order chi connectivity index (χ0) is 20.1. The lowest BCUT2D eigenvalue weighted by Gasteiger charge is -2.30. The highest BCUT2D eigenvalue weighted by molar-refractivity contribution is 6.00. The molecule has 28 heavy (non-hydrogen) atoms. The average molecular weight is 388 g/mol. The normalized spacial score (nSPS) is 18.2. The maximum absolute atomic E-state index is 13.2. The molecule has 0 unspecified atom stereocenters. The molecule has 1 aromatic carbocycles. The van der Waals surface area contributed by atoms with Gasteiger partial charge in [-0.3, -0.25) is 4.79 Å². The van der Waals surface area contributed by atoms with Crippen molar-refractivity contribution in [1.82, 2.24) is 15.1 Å². The highest BCUT2D eigenvalue weighted by atomic mass is 16.2. The van der Waals surface area contributed by atoms with E-state index in [-0.39, 0.29) is 18.0 Å². The van der Waals surface area contributed by atoms with Crippen LogP contribution in [0.3, 0.4) is 0 Å². The minimum atomic E-state index is -0.0150. The van der Waals surface area contributed by atoms with Crippen molar-refractivity contribution in [2.75, 3.05) is 49.9 Å². The molecule has 2 fully saturated rings. The number of piperidine rings is 1. The first-order valence-electron chi connectivity index (χ1n) is 10.4. The second-order valence-electron chi connectivity index (χ2n) is 8.06. The van der Waals surface area contributed by atoms with Gasteiger partial charge in [0.05, 0.1) is 5.56 Å². The Morgan fingerprint density at radius 3 is 2.36 bits per heavy atom. The Kier molecular flexibility index (Phi) is 6.65. The molecule has 0 saturated carbocycles. The van der Waals surface area contributed by atoms with Crippen LogP contribution in [0.1, 0.15) is 49.9 Å². The van der Waals surface area contributed by atoms with E-state index in [0.29, 0.717) is 24.3 Å². The maximum atomic E-state index is 13.2. The molecule has 0 aromatic heterocycles. The molecule has 0 radical (unpaired) electrons. The average Bonchev–Trinajstić information content (AvgIpc) is 2.94. The molecule has 0 spiro atoms. The Bertz CT molecular complexity index is 700. The van der Waals surface area contributed by atoms with E-state index in [1.54, 1.807) is 6.07 Å². The van der Waals surface area contributed by atoms with E-state index in [1.807, 2.05) is 35.8 Å². The van der Waals surface area contributed by atoms with Crippen molar-refractivity contribution in [2.24, 2.45) is 0 Å². The number of nitrogens with two attached hydrogens (primary N) is 1. The topological polar surface area (TPSA) is 81.9 Å². The van der Waals surface area contributed by atoms with E-state index in [2.05, 4.69) is 10.2 Å².